The Morgan fingerprint density at radius 3 is 2.59 bits per heavy atom. The summed E-state index contributed by atoms with van der Waals surface area (Å²) in [4.78, 5) is 6.06. The number of nitriles is 1. The van der Waals surface area contributed by atoms with Crippen LogP contribution in [0.15, 0.2) is 28.7 Å². The number of hydrogen-bond donors (Lipinski definition) is 0. The first-order chi connectivity index (χ1) is 10.6. The van der Waals surface area contributed by atoms with Gasteiger partial charge in [0.05, 0.1) is 17.8 Å². The van der Waals surface area contributed by atoms with Gasteiger partial charge in [-0.15, -0.1) is 0 Å². The molecule has 2 aromatic rings. The molecule has 0 bridgehead atoms. The molecule has 1 aromatic carbocycles. The summed E-state index contributed by atoms with van der Waals surface area (Å²) in [5.41, 5.74) is 0.416. The maximum atomic E-state index is 13.9. The molecule has 1 fully saturated rings. The zero-order valence-corrected chi connectivity index (χ0v) is 12.4. The maximum absolute atomic E-state index is 13.9. The zero-order valence-electron chi connectivity index (χ0n) is 12.4. The van der Waals surface area contributed by atoms with Gasteiger partial charge in [-0.2, -0.15) is 10.2 Å². The monoisotopic (exact) mass is 301 g/mol. The molecule has 0 aliphatic carbocycles. The average Bonchev–Trinajstić information content (AvgIpc) is 2.91. The van der Waals surface area contributed by atoms with Crippen molar-refractivity contribution in [3.8, 4) is 17.5 Å². The summed E-state index contributed by atoms with van der Waals surface area (Å²) < 4.78 is 25.3. The van der Waals surface area contributed by atoms with Crippen LogP contribution in [0.2, 0.25) is 0 Å². The summed E-state index contributed by atoms with van der Waals surface area (Å²) in [5, 5.41) is 9.29. The van der Waals surface area contributed by atoms with Crippen LogP contribution < -0.4 is 4.90 Å². The third-order valence-electron chi connectivity index (χ3n) is 3.53. The third-order valence-corrected chi connectivity index (χ3v) is 3.53. The van der Waals surface area contributed by atoms with Crippen LogP contribution in [0, 0.1) is 17.1 Å². The van der Waals surface area contributed by atoms with Crippen molar-refractivity contribution in [3.63, 3.8) is 0 Å². The Kier molecular flexibility index (Phi) is 3.82. The molecule has 0 N–H and O–H groups in total. The highest BCUT2D eigenvalue weighted by atomic mass is 19.1. The highest BCUT2D eigenvalue weighted by Gasteiger charge is 2.28. The molecule has 22 heavy (non-hydrogen) atoms. The van der Waals surface area contributed by atoms with Crippen LogP contribution >= 0.6 is 0 Å². The summed E-state index contributed by atoms with van der Waals surface area (Å²) in [7, 11) is 0. The Labute approximate surface area is 127 Å². The lowest BCUT2D eigenvalue weighted by Gasteiger charge is -2.34. The molecular weight excluding hydrogens is 285 g/mol. The van der Waals surface area contributed by atoms with Gasteiger partial charge in [0.2, 0.25) is 17.5 Å². The quantitative estimate of drug-likeness (QED) is 0.853. The summed E-state index contributed by atoms with van der Waals surface area (Å²) >= 11 is 0. The molecule has 0 amide bonds. The minimum Gasteiger partial charge on any atom is -0.419 e. The van der Waals surface area contributed by atoms with Gasteiger partial charge in [0.25, 0.3) is 0 Å². The van der Waals surface area contributed by atoms with Crippen molar-refractivity contribution in [2.75, 3.05) is 18.0 Å². The number of ether oxygens (including phenoxy) is 1. The highest BCUT2D eigenvalue weighted by Crippen LogP contribution is 2.31. The first-order valence-corrected chi connectivity index (χ1v) is 7.14. The number of hydrogen-bond acceptors (Lipinski definition) is 5. The second-order valence-corrected chi connectivity index (χ2v) is 5.43. The Bertz CT molecular complexity index is 712. The van der Waals surface area contributed by atoms with E-state index >= 15 is 0 Å². The van der Waals surface area contributed by atoms with Crippen molar-refractivity contribution in [3.05, 3.63) is 35.8 Å². The molecule has 0 spiro atoms. The fourth-order valence-corrected chi connectivity index (χ4v) is 2.69. The molecule has 1 aliphatic heterocycles. The van der Waals surface area contributed by atoms with E-state index in [9.17, 15) is 9.65 Å². The minimum absolute atomic E-state index is 0.0253. The second kappa shape index (κ2) is 5.78. The van der Waals surface area contributed by atoms with E-state index in [0.29, 0.717) is 19.0 Å². The van der Waals surface area contributed by atoms with Crippen molar-refractivity contribution in [2.24, 2.45) is 0 Å². The van der Waals surface area contributed by atoms with Gasteiger partial charge in [-0.3, -0.25) is 0 Å². The number of benzene rings is 1. The van der Waals surface area contributed by atoms with Crippen molar-refractivity contribution >= 4 is 5.88 Å². The van der Waals surface area contributed by atoms with Crippen LogP contribution in [-0.4, -0.2) is 30.3 Å². The van der Waals surface area contributed by atoms with Crippen LogP contribution in [0.25, 0.3) is 11.5 Å². The number of rotatable bonds is 2. The van der Waals surface area contributed by atoms with Crippen LogP contribution in [0.1, 0.15) is 19.5 Å². The molecule has 2 heterocycles. The number of oxazole rings is 1. The topological polar surface area (TPSA) is 62.3 Å². The lowest BCUT2D eigenvalue weighted by atomic mass is 10.2. The molecule has 6 heteroatoms. The first kappa shape index (κ1) is 14.5. The van der Waals surface area contributed by atoms with Crippen molar-refractivity contribution in [2.45, 2.75) is 26.1 Å². The fourth-order valence-electron chi connectivity index (χ4n) is 2.69. The highest BCUT2D eigenvalue weighted by molar-refractivity contribution is 5.60. The average molecular weight is 301 g/mol. The van der Waals surface area contributed by atoms with E-state index < -0.39 is 5.82 Å². The van der Waals surface area contributed by atoms with Crippen LogP contribution in [-0.2, 0) is 4.74 Å². The number of anilines is 1. The smallest absolute Gasteiger partial charge is 0.235 e. The Morgan fingerprint density at radius 1 is 1.27 bits per heavy atom. The van der Waals surface area contributed by atoms with Gasteiger partial charge in [0.1, 0.15) is 11.9 Å². The number of aromatic nitrogens is 1. The van der Waals surface area contributed by atoms with E-state index in [-0.39, 0.29) is 29.4 Å². The predicted octanol–water partition coefficient (Wildman–Crippen LogP) is 2.97. The number of halogens is 1. The maximum Gasteiger partial charge on any atom is 0.235 e. The lowest BCUT2D eigenvalue weighted by molar-refractivity contribution is -0.00638. The standard InChI is InChI=1S/C16H16FN3O2/c1-10-8-20(9-11(2)21-10)16-14(7-18)19-15(22-16)12-5-3-4-6-13(12)17/h3-6,10-11H,8-9H2,1-2H3/t10-,11-/m0/s1. The van der Waals surface area contributed by atoms with Gasteiger partial charge < -0.3 is 14.1 Å². The van der Waals surface area contributed by atoms with Crippen LogP contribution in [0.5, 0.6) is 0 Å². The van der Waals surface area contributed by atoms with E-state index in [2.05, 4.69) is 4.98 Å². The molecule has 2 atom stereocenters. The van der Waals surface area contributed by atoms with Gasteiger partial charge >= 0.3 is 0 Å². The van der Waals surface area contributed by atoms with Crippen molar-refractivity contribution in [1.29, 1.82) is 5.26 Å². The van der Waals surface area contributed by atoms with E-state index in [4.69, 9.17) is 9.15 Å². The molecular formula is C16H16FN3O2. The molecule has 114 valence electrons. The molecule has 0 radical (unpaired) electrons. The fraction of sp³-hybridized carbons (Fsp3) is 0.375. The van der Waals surface area contributed by atoms with Gasteiger partial charge in [0.15, 0.2) is 0 Å². The summed E-state index contributed by atoms with van der Waals surface area (Å²) in [6.45, 7) is 5.13. The van der Waals surface area contributed by atoms with Crippen molar-refractivity contribution in [1.82, 2.24) is 4.98 Å². The molecule has 5 nitrogen and oxygen atoms in total. The van der Waals surface area contributed by atoms with E-state index in [0.717, 1.165) is 0 Å². The van der Waals surface area contributed by atoms with Crippen LogP contribution in [0.3, 0.4) is 0 Å². The lowest BCUT2D eigenvalue weighted by Crippen LogP contribution is -2.45. The molecule has 0 saturated carbocycles. The van der Waals surface area contributed by atoms with Crippen molar-refractivity contribution < 1.29 is 13.5 Å². The van der Waals surface area contributed by atoms with Gasteiger partial charge in [-0.1, -0.05) is 12.1 Å². The third kappa shape index (κ3) is 2.68. The van der Waals surface area contributed by atoms with Crippen LogP contribution in [0.4, 0.5) is 10.3 Å². The minimum atomic E-state index is -0.427. The summed E-state index contributed by atoms with van der Waals surface area (Å²) in [6.07, 6.45) is 0.0506. The summed E-state index contributed by atoms with van der Waals surface area (Å²) in [6, 6.07) is 8.24. The van der Waals surface area contributed by atoms with Gasteiger partial charge in [-0.05, 0) is 26.0 Å². The molecule has 1 aromatic heterocycles. The number of nitrogens with zero attached hydrogens (tertiary/aromatic N) is 3. The molecule has 1 saturated heterocycles. The largest absolute Gasteiger partial charge is 0.419 e. The van der Waals surface area contributed by atoms with E-state index in [1.807, 2.05) is 24.8 Å². The zero-order chi connectivity index (χ0) is 15.7. The summed E-state index contributed by atoms with van der Waals surface area (Å²) in [5.74, 6) is 0.0719. The molecule has 1 aliphatic rings. The van der Waals surface area contributed by atoms with Gasteiger partial charge in [-0.25, -0.2) is 4.39 Å². The van der Waals surface area contributed by atoms with E-state index in [1.165, 1.54) is 6.07 Å². The Hall–Kier alpha value is -2.39. The normalized spacial score (nSPS) is 21.6. The molecule has 0 unspecified atom stereocenters. The number of morpholine rings is 1. The Morgan fingerprint density at radius 2 is 1.95 bits per heavy atom. The van der Waals surface area contributed by atoms with Gasteiger partial charge in [0, 0.05) is 13.1 Å². The predicted molar refractivity (Wildman–Crippen MR) is 78.8 cm³/mol. The second-order valence-electron chi connectivity index (χ2n) is 5.43. The van der Waals surface area contributed by atoms with E-state index in [1.54, 1.807) is 18.2 Å². The molecule has 3 rings (SSSR count). The first-order valence-electron chi connectivity index (χ1n) is 7.14. The SMILES string of the molecule is C[C@H]1CN(c2oc(-c3ccccc3F)nc2C#N)C[C@H](C)O1. The Balaban J connectivity index is 1.99.